The molecule has 2 aromatic rings. The first-order valence-electron chi connectivity index (χ1n) is 7.75. The van der Waals surface area contributed by atoms with Gasteiger partial charge in [0.25, 0.3) is 0 Å². The first-order valence-corrected chi connectivity index (χ1v) is 7.75. The Balaban J connectivity index is 2.11. The van der Waals surface area contributed by atoms with Gasteiger partial charge in [0.15, 0.2) is 0 Å². The van der Waals surface area contributed by atoms with Gasteiger partial charge >= 0.3 is 0 Å². The van der Waals surface area contributed by atoms with Crippen LogP contribution in [-0.2, 0) is 6.54 Å². The van der Waals surface area contributed by atoms with Crippen LogP contribution in [0.25, 0.3) is 10.9 Å². The Labute approximate surface area is 126 Å². The predicted molar refractivity (Wildman–Crippen MR) is 85.4 cm³/mol. The molecule has 2 rings (SSSR count). The number of aliphatic hydroxyl groups is 2. The highest BCUT2D eigenvalue weighted by Gasteiger charge is 2.16. The molecule has 0 saturated heterocycles. The second-order valence-electron chi connectivity index (χ2n) is 5.81. The number of quaternary nitrogens is 1. The van der Waals surface area contributed by atoms with E-state index >= 15 is 0 Å². The fraction of sp³-hybridized carbons (Fsp3) is 0.529. The van der Waals surface area contributed by atoms with E-state index in [1.54, 1.807) is 0 Å². The average molecular weight is 291 g/mol. The van der Waals surface area contributed by atoms with Crippen molar-refractivity contribution in [1.82, 2.24) is 4.57 Å². The molecule has 0 fully saturated rings. The lowest BCUT2D eigenvalue weighted by Gasteiger charge is -2.16. The van der Waals surface area contributed by atoms with Crippen LogP contribution >= 0.6 is 0 Å². The zero-order chi connectivity index (χ0) is 15.4. The second kappa shape index (κ2) is 7.07. The average Bonchev–Trinajstić information content (AvgIpc) is 2.74. The standard InChI is InChI=1S/C17H26N2O2/c1-4-14(11-20)18-9-15(21)10-19-13(3)12(2)16-7-5-6-8-17(16)19/h5-8,14-15,18,20-21H,4,9-11H2,1-3H3/p+1. The molecule has 0 aliphatic rings. The molecule has 116 valence electrons. The van der Waals surface area contributed by atoms with Crippen molar-refractivity contribution in [2.45, 2.75) is 45.9 Å². The van der Waals surface area contributed by atoms with E-state index in [1.807, 2.05) is 11.4 Å². The normalized spacial score (nSPS) is 14.5. The fourth-order valence-corrected chi connectivity index (χ4v) is 2.84. The maximum atomic E-state index is 10.3. The molecule has 1 aromatic carbocycles. The topological polar surface area (TPSA) is 62.0 Å². The fourth-order valence-electron chi connectivity index (χ4n) is 2.84. The summed E-state index contributed by atoms with van der Waals surface area (Å²) in [5.41, 5.74) is 3.67. The first-order chi connectivity index (χ1) is 10.1. The predicted octanol–water partition coefficient (Wildman–Crippen LogP) is 0.953. The van der Waals surface area contributed by atoms with Crippen molar-refractivity contribution >= 4 is 10.9 Å². The summed E-state index contributed by atoms with van der Waals surface area (Å²) in [6, 6.07) is 8.51. The van der Waals surface area contributed by atoms with E-state index < -0.39 is 6.10 Å². The molecule has 0 saturated carbocycles. The summed E-state index contributed by atoms with van der Waals surface area (Å²) in [7, 11) is 0. The van der Waals surface area contributed by atoms with Crippen LogP contribution in [0.3, 0.4) is 0 Å². The number of aliphatic hydroxyl groups excluding tert-OH is 2. The number of benzene rings is 1. The van der Waals surface area contributed by atoms with Gasteiger partial charge in [0, 0.05) is 16.6 Å². The summed E-state index contributed by atoms with van der Waals surface area (Å²) >= 11 is 0. The van der Waals surface area contributed by atoms with Gasteiger partial charge in [-0.3, -0.25) is 0 Å². The Morgan fingerprint density at radius 2 is 1.95 bits per heavy atom. The van der Waals surface area contributed by atoms with Crippen molar-refractivity contribution < 1.29 is 15.5 Å². The van der Waals surface area contributed by atoms with E-state index in [2.05, 4.69) is 43.5 Å². The number of aryl methyl sites for hydroxylation is 1. The van der Waals surface area contributed by atoms with Crippen molar-refractivity contribution in [3.8, 4) is 0 Å². The molecule has 4 N–H and O–H groups in total. The number of nitrogens with two attached hydrogens (primary N) is 1. The van der Waals surface area contributed by atoms with Gasteiger partial charge < -0.3 is 20.1 Å². The van der Waals surface area contributed by atoms with Crippen molar-refractivity contribution in [3.63, 3.8) is 0 Å². The minimum atomic E-state index is -0.417. The van der Waals surface area contributed by atoms with Gasteiger partial charge in [0.05, 0.1) is 13.2 Å². The van der Waals surface area contributed by atoms with Crippen molar-refractivity contribution in [1.29, 1.82) is 0 Å². The van der Waals surface area contributed by atoms with Crippen molar-refractivity contribution in [3.05, 3.63) is 35.5 Å². The quantitative estimate of drug-likeness (QED) is 0.711. The summed E-state index contributed by atoms with van der Waals surface area (Å²) < 4.78 is 2.20. The highest BCUT2D eigenvalue weighted by molar-refractivity contribution is 5.85. The number of para-hydroxylation sites is 1. The highest BCUT2D eigenvalue weighted by atomic mass is 16.3. The number of nitrogens with zero attached hydrogens (tertiary/aromatic N) is 1. The van der Waals surface area contributed by atoms with Gasteiger partial charge in [-0.05, 0) is 31.9 Å². The lowest BCUT2D eigenvalue weighted by molar-refractivity contribution is -0.696. The van der Waals surface area contributed by atoms with Crippen molar-refractivity contribution in [2.75, 3.05) is 13.2 Å². The zero-order valence-electron chi connectivity index (χ0n) is 13.2. The van der Waals surface area contributed by atoms with Crippen LogP contribution in [0.1, 0.15) is 24.6 Å². The maximum Gasteiger partial charge on any atom is 0.121 e. The van der Waals surface area contributed by atoms with Gasteiger partial charge in [-0.15, -0.1) is 0 Å². The SMILES string of the molecule is CCC(CO)[NH2+]CC(O)Cn1c(C)c(C)c2ccccc21. The van der Waals surface area contributed by atoms with E-state index in [0.717, 1.165) is 6.42 Å². The van der Waals surface area contributed by atoms with Crippen LogP contribution in [0.2, 0.25) is 0 Å². The molecule has 4 heteroatoms. The third kappa shape index (κ3) is 3.46. The van der Waals surface area contributed by atoms with Gasteiger partial charge in [0.2, 0.25) is 0 Å². The smallest absolute Gasteiger partial charge is 0.121 e. The summed E-state index contributed by atoms with van der Waals surface area (Å²) in [6.45, 7) is 7.66. The summed E-state index contributed by atoms with van der Waals surface area (Å²) in [5, 5.41) is 22.8. The molecule has 1 aromatic heterocycles. The Morgan fingerprint density at radius 1 is 1.24 bits per heavy atom. The number of fused-ring (bicyclic) bond motifs is 1. The van der Waals surface area contributed by atoms with E-state index in [0.29, 0.717) is 13.1 Å². The van der Waals surface area contributed by atoms with Crippen LogP contribution in [-0.4, -0.2) is 40.1 Å². The molecule has 2 unspecified atom stereocenters. The minimum absolute atomic E-state index is 0.161. The first kappa shape index (κ1) is 16.0. The molecule has 0 aliphatic heterocycles. The molecular weight excluding hydrogens is 264 g/mol. The maximum absolute atomic E-state index is 10.3. The molecule has 0 aliphatic carbocycles. The summed E-state index contributed by atoms with van der Waals surface area (Å²) in [5.74, 6) is 0. The summed E-state index contributed by atoms with van der Waals surface area (Å²) in [6.07, 6.45) is 0.493. The molecular formula is C17H27N2O2+. The monoisotopic (exact) mass is 291 g/mol. The summed E-state index contributed by atoms with van der Waals surface area (Å²) in [4.78, 5) is 0. The van der Waals surface area contributed by atoms with Crippen LogP contribution < -0.4 is 5.32 Å². The molecule has 1 heterocycles. The Hall–Kier alpha value is -1.36. The van der Waals surface area contributed by atoms with Crippen LogP contribution in [0.4, 0.5) is 0 Å². The number of hydrogen-bond donors (Lipinski definition) is 3. The van der Waals surface area contributed by atoms with E-state index in [9.17, 15) is 10.2 Å². The second-order valence-corrected chi connectivity index (χ2v) is 5.81. The molecule has 0 radical (unpaired) electrons. The van der Waals surface area contributed by atoms with Gasteiger partial charge in [0.1, 0.15) is 18.7 Å². The van der Waals surface area contributed by atoms with E-state index in [-0.39, 0.29) is 12.6 Å². The largest absolute Gasteiger partial charge is 0.390 e. The lowest BCUT2D eigenvalue weighted by Crippen LogP contribution is -2.92. The van der Waals surface area contributed by atoms with Crippen LogP contribution in [0, 0.1) is 13.8 Å². The van der Waals surface area contributed by atoms with Crippen LogP contribution in [0.15, 0.2) is 24.3 Å². The third-order valence-electron chi connectivity index (χ3n) is 4.44. The van der Waals surface area contributed by atoms with E-state index in [1.165, 1.54) is 22.2 Å². The molecule has 0 bridgehead atoms. The number of hydrogen-bond acceptors (Lipinski definition) is 2. The molecule has 21 heavy (non-hydrogen) atoms. The lowest BCUT2D eigenvalue weighted by atomic mass is 10.2. The zero-order valence-corrected chi connectivity index (χ0v) is 13.2. The molecule has 0 amide bonds. The Kier molecular flexibility index (Phi) is 5.39. The number of rotatable bonds is 7. The van der Waals surface area contributed by atoms with E-state index in [4.69, 9.17) is 0 Å². The van der Waals surface area contributed by atoms with Gasteiger partial charge in [-0.25, -0.2) is 0 Å². The van der Waals surface area contributed by atoms with Gasteiger partial charge in [-0.1, -0.05) is 25.1 Å². The third-order valence-corrected chi connectivity index (χ3v) is 4.44. The van der Waals surface area contributed by atoms with Gasteiger partial charge in [-0.2, -0.15) is 0 Å². The molecule has 2 atom stereocenters. The highest BCUT2D eigenvalue weighted by Crippen LogP contribution is 2.24. The minimum Gasteiger partial charge on any atom is -0.390 e. The molecule has 0 spiro atoms. The van der Waals surface area contributed by atoms with Crippen molar-refractivity contribution in [2.24, 2.45) is 0 Å². The van der Waals surface area contributed by atoms with Crippen LogP contribution in [0.5, 0.6) is 0 Å². The Morgan fingerprint density at radius 3 is 2.62 bits per heavy atom. The Bertz CT molecular complexity index is 588. The number of aromatic nitrogens is 1. The molecule has 4 nitrogen and oxygen atoms in total.